The SMILES string of the molecule is CN1C(=O)N(CC(=O)Nc2ncccc2OCc2ccncc2)C(=O)C12CCCCC2. The zero-order valence-corrected chi connectivity index (χ0v) is 17.4. The molecule has 1 aliphatic heterocycles. The molecule has 0 aromatic carbocycles. The summed E-state index contributed by atoms with van der Waals surface area (Å²) in [5, 5.41) is 2.67. The molecule has 1 N–H and O–H groups in total. The molecule has 9 nitrogen and oxygen atoms in total. The highest BCUT2D eigenvalue weighted by atomic mass is 16.5. The lowest BCUT2D eigenvalue weighted by Crippen LogP contribution is -2.49. The molecule has 0 unspecified atom stereocenters. The van der Waals surface area contributed by atoms with Crippen molar-refractivity contribution in [1.82, 2.24) is 19.8 Å². The number of anilines is 1. The van der Waals surface area contributed by atoms with Gasteiger partial charge in [0.05, 0.1) is 0 Å². The standard InChI is InChI=1S/C22H25N5O4/c1-26-21(30)27(20(29)22(26)9-3-2-4-10-22)14-18(28)25-19-17(6-5-11-24-19)31-15-16-7-12-23-13-8-16/h5-8,11-13H,2-4,9-10,14-15H2,1H3,(H,24,25,28). The summed E-state index contributed by atoms with van der Waals surface area (Å²) in [7, 11) is 1.65. The van der Waals surface area contributed by atoms with Gasteiger partial charge in [-0.25, -0.2) is 9.78 Å². The Balaban J connectivity index is 1.42. The Hall–Kier alpha value is -3.49. The maximum absolute atomic E-state index is 13.1. The fourth-order valence-electron chi connectivity index (χ4n) is 4.23. The number of hydrogen-bond acceptors (Lipinski definition) is 6. The van der Waals surface area contributed by atoms with Crippen LogP contribution in [-0.2, 0) is 16.2 Å². The minimum Gasteiger partial charge on any atom is -0.485 e. The molecule has 2 aromatic rings. The van der Waals surface area contributed by atoms with E-state index in [9.17, 15) is 14.4 Å². The number of likely N-dealkylation sites (N-methyl/N-ethyl adjacent to an activating group) is 1. The Bertz CT molecular complexity index is 975. The van der Waals surface area contributed by atoms with E-state index in [-0.39, 0.29) is 24.9 Å². The maximum Gasteiger partial charge on any atom is 0.327 e. The van der Waals surface area contributed by atoms with Gasteiger partial charge in [0.2, 0.25) is 5.91 Å². The predicted molar refractivity (Wildman–Crippen MR) is 112 cm³/mol. The number of carbonyl (C=O) groups is 3. The van der Waals surface area contributed by atoms with Crippen molar-refractivity contribution < 1.29 is 19.1 Å². The van der Waals surface area contributed by atoms with Crippen LogP contribution in [0.25, 0.3) is 0 Å². The Morgan fingerprint density at radius 3 is 2.61 bits per heavy atom. The molecular formula is C22H25N5O4. The molecule has 1 saturated heterocycles. The van der Waals surface area contributed by atoms with Crippen LogP contribution in [-0.4, -0.2) is 56.7 Å². The van der Waals surface area contributed by atoms with Gasteiger partial charge in [-0.15, -0.1) is 0 Å². The highest BCUT2D eigenvalue weighted by Gasteiger charge is 2.55. The maximum atomic E-state index is 13.1. The second kappa shape index (κ2) is 8.71. The molecule has 3 heterocycles. The molecule has 1 aliphatic carbocycles. The molecule has 0 atom stereocenters. The Morgan fingerprint density at radius 1 is 1.13 bits per heavy atom. The van der Waals surface area contributed by atoms with Crippen molar-refractivity contribution >= 4 is 23.7 Å². The van der Waals surface area contributed by atoms with E-state index in [1.54, 1.807) is 31.6 Å². The largest absolute Gasteiger partial charge is 0.485 e. The molecule has 9 heteroatoms. The number of pyridine rings is 2. The summed E-state index contributed by atoms with van der Waals surface area (Å²) >= 11 is 0. The fourth-order valence-corrected chi connectivity index (χ4v) is 4.23. The van der Waals surface area contributed by atoms with Gasteiger partial charge in [-0.2, -0.15) is 0 Å². The van der Waals surface area contributed by atoms with E-state index < -0.39 is 17.5 Å². The van der Waals surface area contributed by atoms with Crippen molar-refractivity contribution in [3.05, 3.63) is 48.4 Å². The van der Waals surface area contributed by atoms with Gasteiger partial charge < -0.3 is 15.0 Å². The number of nitrogens with zero attached hydrogens (tertiary/aromatic N) is 4. The van der Waals surface area contributed by atoms with Gasteiger partial charge in [0, 0.05) is 25.6 Å². The summed E-state index contributed by atoms with van der Waals surface area (Å²) in [6.45, 7) is -0.0718. The van der Waals surface area contributed by atoms with Crippen molar-refractivity contribution in [2.75, 3.05) is 18.9 Å². The summed E-state index contributed by atoms with van der Waals surface area (Å²) in [6.07, 6.45) is 9.00. The summed E-state index contributed by atoms with van der Waals surface area (Å²) in [4.78, 5) is 49.1. The third kappa shape index (κ3) is 4.08. The zero-order valence-electron chi connectivity index (χ0n) is 17.4. The smallest absolute Gasteiger partial charge is 0.327 e. The number of nitrogens with one attached hydrogen (secondary N) is 1. The zero-order chi connectivity index (χ0) is 21.8. The Kier molecular flexibility index (Phi) is 5.83. The first-order chi connectivity index (χ1) is 15.0. The van der Waals surface area contributed by atoms with Gasteiger partial charge in [0.1, 0.15) is 18.7 Å². The normalized spacial score (nSPS) is 17.8. The van der Waals surface area contributed by atoms with Crippen molar-refractivity contribution in [2.45, 2.75) is 44.2 Å². The Morgan fingerprint density at radius 2 is 1.87 bits per heavy atom. The fraction of sp³-hybridized carbons (Fsp3) is 0.409. The molecule has 2 aliphatic rings. The minimum absolute atomic E-state index is 0.237. The number of aromatic nitrogens is 2. The van der Waals surface area contributed by atoms with Gasteiger partial charge in [0.25, 0.3) is 5.91 Å². The van der Waals surface area contributed by atoms with E-state index in [0.717, 1.165) is 29.7 Å². The van der Waals surface area contributed by atoms with Crippen LogP contribution < -0.4 is 10.1 Å². The van der Waals surface area contributed by atoms with E-state index in [0.29, 0.717) is 18.6 Å². The number of carbonyl (C=O) groups excluding carboxylic acids is 3. The van der Waals surface area contributed by atoms with Crippen molar-refractivity contribution in [3.63, 3.8) is 0 Å². The van der Waals surface area contributed by atoms with Crippen molar-refractivity contribution in [1.29, 1.82) is 0 Å². The lowest BCUT2D eigenvalue weighted by atomic mass is 9.81. The molecule has 2 fully saturated rings. The second-order valence-corrected chi connectivity index (χ2v) is 7.87. The van der Waals surface area contributed by atoms with E-state index in [4.69, 9.17) is 4.74 Å². The molecule has 31 heavy (non-hydrogen) atoms. The first-order valence-corrected chi connectivity index (χ1v) is 10.4. The third-order valence-corrected chi connectivity index (χ3v) is 5.96. The van der Waals surface area contributed by atoms with Crippen LogP contribution >= 0.6 is 0 Å². The lowest BCUT2D eigenvalue weighted by molar-refractivity contribution is -0.136. The minimum atomic E-state index is -0.806. The number of rotatable bonds is 6. The highest BCUT2D eigenvalue weighted by Crippen LogP contribution is 2.39. The van der Waals surface area contributed by atoms with Gasteiger partial charge in [-0.1, -0.05) is 19.3 Å². The van der Waals surface area contributed by atoms with Gasteiger partial charge in [-0.05, 0) is 42.7 Å². The molecule has 0 bridgehead atoms. The van der Waals surface area contributed by atoms with Crippen LogP contribution in [0.15, 0.2) is 42.9 Å². The molecule has 4 rings (SSSR count). The Labute approximate surface area is 180 Å². The highest BCUT2D eigenvalue weighted by molar-refractivity contribution is 6.10. The van der Waals surface area contributed by atoms with E-state index >= 15 is 0 Å². The molecule has 162 valence electrons. The van der Waals surface area contributed by atoms with Gasteiger partial charge in [-0.3, -0.25) is 19.5 Å². The van der Waals surface area contributed by atoms with E-state index in [1.807, 2.05) is 12.1 Å². The van der Waals surface area contributed by atoms with Crippen LogP contribution in [0.2, 0.25) is 0 Å². The summed E-state index contributed by atoms with van der Waals surface area (Å²) < 4.78 is 5.78. The van der Waals surface area contributed by atoms with Crippen LogP contribution in [0.3, 0.4) is 0 Å². The average Bonchev–Trinajstić information content (AvgIpc) is 2.96. The molecule has 1 spiro atoms. The van der Waals surface area contributed by atoms with Crippen LogP contribution in [0.1, 0.15) is 37.7 Å². The second-order valence-electron chi connectivity index (χ2n) is 7.87. The average molecular weight is 423 g/mol. The van der Waals surface area contributed by atoms with Crippen LogP contribution in [0.5, 0.6) is 5.75 Å². The van der Waals surface area contributed by atoms with Crippen LogP contribution in [0, 0.1) is 0 Å². The molecule has 0 radical (unpaired) electrons. The number of hydrogen-bond donors (Lipinski definition) is 1. The van der Waals surface area contributed by atoms with Crippen molar-refractivity contribution in [3.8, 4) is 5.75 Å². The van der Waals surface area contributed by atoms with E-state index in [2.05, 4.69) is 15.3 Å². The predicted octanol–water partition coefficient (Wildman–Crippen LogP) is 2.59. The molecular weight excluding hydrogens is 398 g/mol. The number of ether oxygens (including phenoxy) is 1. The number of imide groups is 1. The lowest BCUT2D eigenvalue weighted by Gasteiger charge is -2.35. The monoisotopic (exact) mass is 423 g/mol. The summed E-state index contributed by atoms with van der Waals surface area (Å²) in [5.41, 5.74) is 0.115. The first-order valence-electron chi connectivity index (χ1n) is 10.4. The first kappa shape index (κ1) is 20.8. The molecule has 2 aromatic heterocycles. The molecule has 1 saturated carbocycles. The van der Waals surface area contributed by atoms with E-state index in [1.165, 1.54) is 11.1 Å². The number of urea groups is 1. The van der Waals surface area contributed by atoms with Gasteiger partial charge in [0.15, 0.2) is 11.6 Å². The van der Waals surface area contributed by atoms with Crippen LogP contribution in [0.4, 0.5) is 10.6 Å². The van der Waals surface area contributed by atoms with Gasteiger partial charge >= 0.3 is 6.03 Å². The summed E-state index contributed by atoms with van der Waals surface area (Å²) in [5.74, 6) is -0.158. The summed E-state index contributed by atoms with van der Waals surface area (Å²) in [6, 6.07) is 6.62. The molecule has 4 amide bonds. The number of amides is 4. The third-order valence-electron chi connectivity index (χ3n) is 5.96. The quantitative estimate of drug-likeness (QED) is 0.716. The topological polar surface area (TPSA) is 105 Å². The van der Waals surface area contributed by atoms with Crippen molar-refractivity contribution in [2.24, 2.45) is 0 Å².